The van der Waals surface area contributed by atoms with Gasteiger partial charge in [0.25, 0.3) is 0 Å². The van der Waals surface area contributed by atoms with Crippen LogP contribution in [0.15, 0.2) is 40.1 Å². The highest BCUT2D eigenvalue weighted by Crippen LogP contribution is 2.41. The molecule has 1 heterocycles. The first-order valence-electron chi connectivity index (χ1n) is 8.85. The predicted octanol–water partition coefficient (Wildman–Crippen LogP) is 6.19. The second-order valence-electron chi connectivity index (χ2n) is 6.67. The minimum atomic E-state index is -0.0789. The maximum absolute atomic E-state index is 6.32. The van der Waals surface area contributed by atoms with Gasteiger partial charge in [-0.3, -0.25) is 4.90 Å². The van der Waals surface area contributed by atoms with E-state index in [1.165, 1.54) is 11.1 Å². The lowest BCUT2D eigenvalue weighted by atomic mass is 9.89. The summed E-state index contributed by atoms with van der Waals surface area (Å²) in [5, 5.41) is 0. The molecule has 0 N–H and O–H groups in total. The van der Waals surface area contributed by atoms with E-state index in [0.717, 1.165) is 62.0 Å². The molecule has 0 bridgehead atoms. The van der Waals surface area contributed by atoms with Gasteiger partial charge in [0.15, 0.2) is 11.5 Å². The number of ether oxygens (including phenoxy) is 3. The summed E-state index contributed by atoms with van der Waals surface area (Å²) in [6.07, 6.45) is 0.884. The number of rotatable bonds is 7. The van der Waals surface area contributed by atoms with Gasteiger partial charge in [-0.25, -0.2) is 0 Å². The molecule has 4 nitrogen and oxygen atoms in total. The number of methoxy groups -OCH3 is 2. The first kappa shape index (κ1) is 21.8. The summed E-state index contributed by atoms with van der Waals surface area (Å²) >= 11 is 0. The lowest BCUT2D eigenvalue weighted by molar-refractivity contribution is 0.0871. The Bertz CT molecular complexity index is 837. The van der Waals surface area contributed by atoms with Gasteiger partial charge < -0.3 is 14.2 Å². The van der Waals surface area contributed by atoms with E-state index in [1.807, 2.05) is 18.2 Å². The highest BCUT2D eigenvalue weighted by atomic mass is 35.7. The molecule has 0 saturated carbocycles. The molecule has 0 saturated heterocycles. The molecule has 0 aromatic heterocycles. The van der Waals surface area contributed by atoms with Gasteiger partial charge in [-0.1, -0.05) is 0 Å². The first-order chi connectivity index (χ1) is 13.5. The van der Waals surface area contributed by atoms with Crippen molar-refractivity contribution >= 4 is 43.3 Å². The molecule has 0 amide bonds. The summed E-state index contributed by atoms with van der Waals surface area (Å²) in [5.41, 5.74) is 2.47. The SMILES string of the molecule is COc1cc2c(cc1OC)C(C(C)Oc1ccc(SCl)c(SCl)c1)N(C)CC2. The number of fused-ring (bicyclic) bond motifs is 1. The van der Waals surface area contributed by atoms with Crippen LogP contribution in [0.2, 0.25) is 0 Å². The maximum atomic E-state index is 6.32. The Kier molecular flexibility index (Phi) is 7.56. The number of benzene rings is 2. The van der Waals surface area contributed by atoms with Crippen LogP contribution < -0.4 is 14.2 Å². The van der Waals surface area contributed by atoms with E-state index in [4.69, 9.17) is 35.6 Å². The highest BCUT2D eigenvalue weighted by Gasteiger charge is 2.32. The molecule has 0 aliphatic carbocycles. The molecule has 1 aliphatic rings. The summed E-state index contributed by atoms with van der Waals surface area (Å²) in [5.74, 6) is 2.26. The molecule has 2 aromatic rings. The summed E-state index contributed by atoms with van der Waals surface area (Å²) in [4.78, 5) is 4.12. The number of hydrogen-bond donors (Lipinski definition) is 0. The second kappa shape index (κ2) is 9.72. The van der Waals surface area contributed by atoms with Gasteiger partial charge in [-0.2, -0.15) is 0 Å². The maximum Gasteiger partial charge on any atom is 0.161 e. The third-order valence-electron chi connectivity index (χ3n) is 5.02. The van der Waals surface area contributed by atoms with E-state index in [-0.39, 0.29) is 12.1 Å². The van der Waals surface area contributed by atoms with E-state index in [9.17, 15) is 0 Å². The van der Waals surface area contributed by atoms with Crippen LogP contribution in [0.1, 0.15) is 24.1 Å². The predicted molar refractivity (Wildman–Crippen MR) is 119 cm³/mol. The quantitative estimate of drug-likeness (QED) is 0.490. The zero-order valence-corrected chi connectivity index (χ0v) is 19.3. The Morgan fingerprint density at radius 3 is 2.36 bits per heavy atom. The lowest BCUT2D eigenvalue weighted by Crippen LogP contribution is -2.40. The topological polar surface area (TPSA) is 30.9 Å². The first-order valence-corrected chi connectivity index (χ1v) is 12.1. The van der Waals surface area contributed by atoms with E-state index < -0.39 is 0 Å². The van der Waals surface area contributed by atoms with E-state index in [2.05, 4.69) is 31.0 Å². The van der Waals surface area contributed by atoms with Gasteiger partial charge in [-0.05, 0) is 105 Å². The fraction of sp³-hybridized carbons (Fsp3) is 0.400. The summed E-state index contributed by atoms with van der Waals surface area (Å²) in [6.45, 7) is 3.04. The Balaban J connectivity index is 1.91. The van der Waals surface area contributed by atoms with Crippen molar-refractivity contribution in [2.45, 2.75) is 35.3 Å². The van der Waals surface area contributed by atoms with Crippen molar-refractivity contribution in [3.63, 3.8) is 0 Å². The minimum absolute atomic E-state index is 0.0789. The van der Waals surface area contributed by atoms with Crippen LogP contribution in [0, 0.1) is 0 Å². The van der Waals surface area contributed by atoms with Crippen molar-refractivity contribution in [2.24, 2.45) is 0 Å². The molecule has 2 unspecified atom stereocenters. The fourth-order valence-electron chi connectivity index (χ4n) is 3.68. The normalized spacial score (nSPS) is 17.7. The van der Waals surface area contributed by atoms with Crippen molar-refractivity contribution in [1.82, 2.24) is 4.90 Å². The van der Waals surface area contributed by atoms with Gasteiger partial charge in [-0.15, -0.1) is 0 Å². The molecular weight excluding hydrogens is 437 g/mol. The Morgan fingerprint density at radius 1 is 1.04 bits per heavy atom. The Labute approximate surface area is 183 Å². The molecular formula is C20H23Cl2NO3S2. The van der Waals surface area contributed by atoms with Crippen LogP contribution in [0.3, 0.4) is 0 Å². The molecule has 0 fully saturated rings. The molecule has 0 spiro atoms. The van der Waals surface area contributed by atoms with E-state index in [0.29, 0.717) is 0 Å². The largest absolute Gasteiger partial charge is 0.493 e. The van der Waals surface area contributed by atoms with E-state index in [1.54, 1.807) is 14.2 Å². The van der Waals surface area contributed by atoms with Crippen molar-refractivity contribution in [1.29, 1.82) is 0 Å². The minimum Gasteiger partial charge on any atom is -0.493 e. The molecule has 3 rings (SSSR count). The van der Waals surface area contributed by atoms with Crippen LogP contribution in [-0.4, -0.2) is 38.8 Å². The molecule has 28 heavy (non-hydrogen) atoms. The number of halogens is 2. The Morgan fingerprint density at radius 2 is 1.71 bits per heavy atom. The third kappa shape index (κ3) is 4.46. The third-order valence-corrected chi connectivity index (χ3v) is 7.17. The monoisotopic (exact) mass is 459 g/mol. The van der Waals surface area contributed by atoms with Crippen molar-refractivity contribution in [2.75, 3.05) is 27.8 Å². The highest BCUT2D eigenvalue weighted by molar-refractivity contribution is 8.23. The molecule has 1 aliphatic heterocycles. The van der Waals surface area contributed by atoms with Gasteiger partial charge in [0, 0.05) is 16.3 Å². The van der Waals surface area contributed by atoms with Crippen LogP contribution >= 0.6 is 43.3 Å². The average Bonchev–Trinajstić information content (AvgIpc) is 2.72. The zero-order chi connectivity index (χ0) is 20.3. The van der Waals surface area contributed by atoms with Gasteiger partial charge in [0.2, 0.25) is 0 Å². The average molecular weight is 460 g/mol. The molecule has 0 radical (unpaired) electrons. The number of nitrogens with zero attached hydrogens (tertiary/aromatic N) is 1. The van der Waals surface area contributed by atoms with Crippen LogP contribution in [0.4, 0.5) is 0 Å². The van der Waals surface area contributed by atoms with Gasteiger partial charge in [0.05, 0.1) is 20.3 Å². The number of likely N-dealkylation sites (N-methyl/N-ethyl adjacent to an activating group) is 1. The van der Waals surface area contributed by atoms with Crippen molar-refractivity contribution in [3.8, 4) is 17.2 Å². The summed E-state index contributed by atoms with van der Waals surface area (Å²) in [7, 11) is 19.6. The van der Waals surface area contributed by atoms with Crippen LogP contribution in [-0.2, 0) is 6.42 Å². The Hall–Kier alpha value is -0.920. The van der Waals surface area contributed by atoms with Gasteiger partial charge >= 0.3 is 0 Å². The molecule has 2 atom stereocenters. The summed E-state index contributed by atoms with van der Waals surface area (Å²) < 4.78 is 17.3. The van der Waals surface area contributed by atoms with Crippen molar-refractivity contribution in [3.05, 3.63) is 41.5 Å². The molecule has 8 heteroatoms. The number of hydrogen-bond acceptors (Lipinski definition) is 6. The molecule has 2 aromatic carbocycles. The van der Waals surface area contributed by atoms with Crippen LogP contribution in [0.5, 0.6) is 17.2 Å². The standard InChI is InChI=1S/C20H23Cl2NO3S2/c1-12(26-14-5-6-18(27-21)19(10-14)28-22)20-15-11-17(25-4)16(24-3)9-13(15)7-8-23(20)2/h5-6,9-12,20H,7-8H2,1-4H3. The summed E-state index contributed by atoms with van der Waals surface area (Å²) in [6, 6.07) is 10.0. The lowest BCUT2D eigenvalue weighted by Gasteiger charge is -2.38. The molecule has 152 valence electrons. The fourth-order valence-corrected chi connectivity index (χ4v) is 5.55. The van der Waals surface area contributed by atoms with Crippen LogP contribution in [0.25, 0.3) is 0 Å². The van der Waals surface area contributed by atoms with E-state index >= 15 is 0 Å². The second-order valence-corrected chi connectivity index (χ2v) is 8.78. The smallest absolute Gasteiger partial charge is 0.161 e. The van der Waals surface area contributed by atoms with Crippen molar-refractivity contribution < 1.29 is 14.2 Å². The van der Waals surface area contributed by atoms with Gasteiger partial charge in [0.1, 0.15) is 11.9 Å². The zero-order valence-electron chi connectivity index (χ0n) is 16.2.